The Labute approximate surface area is 108 Å². The van der Waals surface area contributed by atoms with Crippen molar-refractivity contribution in [3.63, 3.8) is 0 Å². The fraction of sp³-hybridized carbons (Fsp3) is 0.118. The van der Waals surface area contributed by atoms with Crippen LogP contribution in [0, 0.1) is 6.92 Å². The van der Waals surface area contributed by atoms with Crippen molar-refractivity contribution in [1.82, 2.24) is 4.98 Å². The number of pyridine rings is 1. The van der Waals surface area contributed by atoms with Gasteiger partial charge >= 0.3 is 0 Å². The molecular formula is C17H17N. The van der Waals surface area contributed by atoms with Crippen molar-refractivity contribution in [1.29, 1.82) is 0 Å². The zero-order chi connectivity index (χ0) is 13.0. The Hall–Kier alpha value is -2.15. The smallest absolute Gasteiger partial charge is 0.0738 e. The molecular weight excluding hydrogens is 218 g/mol. The summed E-state index contributed by atoms with van der Waals surface area (Å²) in [6.07, 6.45) is 7.90. The Morgan fingerprint density at radius 1 is 1.28 bits per heavy atom. The van der Waals surface area contributed by atoms with Gasteiger partial charge in [-0.3, -0.25) is 0 Å². The first-order chi connectivity index (χ1) is 8.76. The predicted molar refractivity (Wildman–Crippen MR) is 79.5 cm³/mol. The molecule has 90 valence electrons. The highest BCUT2D eigenvalue weighted by Gasteiger charge is 2.05. The molecule has 0 fully saturated rings. The number of nitrogens with zero attached hydrogens (tertiary/aromatic N) is 1. The number of aryl methyl sites for hydroxylation is 1. The SMILES string of the molecule is C=C/C(=C\C=C/C)c1nc2ccccc2cc1C. The van der Waals surface area contributed by atoms with E-state index in [1.54, 1.807) is 0 Å². The summed E-state index contributed by atoms with van der Waals surface area (Å²) in [6.45, 7) is 7.95. The van der Waals surface area contributed by atoms with Gasteiger partial charge in [-0.25, -0.2) is 4.98 Å². The quantitative estimate of drug-likeness (QED) is 0.703. The van der Waals surface area contributed by atoms with Crippen LogP contribution in [0.1, 0.15) is 18.2 Å². The van der Waals surface area contributed by atoms with Crippen molar-refractivity contribution < 1.29 is 0 Å². The molecule has 1 aromatic carbocycles. The average Bonchev–Trinajstić information content (AvgIpc) is 2.40. The topological polar surface area (TPSA) is 12.9 Å². The maximum absolute atomic E-state index is 4.73. The summed E-state index contributed by atoms with van der Waals surface area (Å²) in [6, 6.07) is 10.3. The fourth-order valence-electron chi connectivity index (χ4n) is 1.96. The van der Waals surface area contributed by atoms with Gasteiger partial charge in [-0.2, -0.15) is 0 Å². The summed E-state index contributed by atoms with van der Waals surface area (Å²) in [5.74, 6) is 0. The number of allylic oxidation sites excluding steroid dienone is 5. The zero-order valence-corrected chi connectivity index (χ0v) is 10.9. The lowest BCUT2D eigenvalue weighted by atomic mass is 10.0. The number of para-hydroxylation sites is 1. The third-order valence-electron chi connectivity index (χ3n) is 2.88. The van der Waals surface area contributed by atoms with E-state index in [0.717, 1.165) is 16.8 Å². The summed E-state index contributed by atoms with van der Waals surface area (Å²) in [4.78, 5) is 4.73. The first kappa shape index (κ1) is 12.3. The third kappa shape index (κ3) is 2.40. The summed E-state index contributed by atoms with van der Waals surface area (Å²) < 4.78 is 0. The van der Waals surface area contributed by atoms with E-state index in [0.29, 0.717) is 0 Å². The minimum atomic E-state index is 1.00. The van der Waals surface area contributed by atoms with Crippen LogP contribution in [-0.4, -0.2) is 4.98 Å². The fourth-order valence-corrected chi connectivity index (χ4v) is 1.96. The van der Waals surface area contributed by atoms with Gasteiger partial charge in [0.2, 0.25) is 0 Å². The Morgan fingerprint density at radius 3 is 2.78 bits per heavy atom. The molecule has 0 N–H and O–H groups in total. The van der Waals surface area contributed by atoms with Crippen molar-refractivity contribution in [2.24, 2.45) is 0 Å². The number of benzene rings is 1. The molecule has 2 aromatic rings. The van der Waals surface area contributed by atoms with Crippen LogP contribution in [0.5, 0.6) is 0 Å². The Balaban J connectivity index is 2.63. The molecule has 0 aliphatic carbocycles. The minimum Gasteiger partial charge on any atom is -0.248 e. The Morgan fingerprint density at radius 2 is 2.06 bits per heavy atom. The van der Waals surface area contributed by atoms with Crippen molar-refractivity contribution >= 4 is 16.5 Å². The van der Waals surface area contributed by atoms with Crippen molar-refractivity contribution in [2.45, 2.75) is 13.8 Å². The number of rotatable bonds is 3. The summed E-state index contributed by atoms with van der Waals surface area (Å²) in [7, 11) is 0. The van der Waals surface area contributed by atoms with Crippen molar-refractivity contribution in [2.75, 3.05) is 0 Å². The number of hydrogen-bond acceptors (Lipinski definition) is 1. The summed E-state index contributed by atoms with van der Waals surface area (Å²) in [5, 5.41) is 1.17. The highest BCUT2D eigenvalue weighted by molar-refractivity contribution is 5.84. The molecule has 0 amide bonds. The van der Waals surface area contributed by atoms with Gasteiger partial charge in [0.15, 0.2) is 0 Å². The van der Waals surface area contributed by atoms with Crippen LogP contribution in [0.3, 0.4) is 0 Å². The van der Waals surface area contributed by atoms with Crippen molar-refractivity contribution in [3.05, 3.63) is 72.5 Å². The van der Waals surface area contributed by atoms with Crippen LogP contribution in [0.2, 0.25) is 0 Å². The molecule has 0 atom stereocenters. The Bertz CT molecular complexity index is 633. The lowest BCUT2D eigenvalue weighted by molar-refractivity contribution is 1.28. The van der Waals surface area contributed by atoms with Gasteiger partial charge in [0.25, 0.3) is 0 Å². The molecule has 0 aliphatic heterocycles. The number of fused-ring (bicyclic) bond motifs is 1. The van der Waals surface area contributed by atoms with Crippen LogP contribution in [0.25, 0.3) is 16.5 Å². The van der Waals surface area contributed by atoms with Crippen LogP contribution in [0.15, 0.2) is 61.2 Å². The molecule has 0 unspecified atom stereocenters. The molecule has 0 spiro atoms. The Kier molecular flexibility index (Phi) is 3.73. The second-order valence-corrected chi connectivity index (χ2v) is 4.20. The minimum absolute atomic E-state index is 1.00. The van der Waals surface area contributed by atoms with E-state index in [-0.39, 0.29) is 0 Å². The first-order valence-electron chi connectivity index (χ1n) is 6.08. The number of aromatic nitrogens is 1. The molecule has 1 heterocycles. The molecule has 2 rings (SSSR count). The van der Waals surface area contributed by atoms with E-state index in [2.05, 4.69) is 25.6 Å². The van der Waals surface area contributed by atoms with Gasteiger partial charge in [0.1, 0.15) is 0 Å². The largest absolute Gasteiger partial charge is 0.248 e. The van der Waals surface area contributed by atoms with E-state index in [4.69, 9.17) is 4.98 Å². The van der Waals surface area contributed by atoms with E-state index in [9.17, 15) is 0 Å². The second-order valence-electron chi connectivity index (χ2n) is 4.20. The molecule has 0 saturated heterocycles. The van der Waals surface area contributed by atoms with Crippen LogP contribution >= 0.6 is 0 Å². The zero-order valence-electron chi connectivity index (χ0n) is 10.9. The summed E-state index contributed by atoms with van der Waals surface area (Å²) in [5.41, 5.74) is 4.24. The molecule has 0 saturated carbocycles. The molecule has 0 radical (unpaired) electrons. The average molecular weight is 235 g/mol. The van der Waals surface area contributed by atoms with Gasteiger partial charge in [-0.05, 0) is 37.1 Å². The maximum Gasteiger partial charge on any atom is 0.0738 e. The van der Waals surface area contributed by atoms with Crippen LogP contribution in [0.4, 0.5) is 0 Å². The van der Waals surface area contributed by atoms with Gasteiger partial charge in [0.05, 0.1) is 11.2 Å². The molecule has 1 aromatic heterocycles. The van der Waals surface area contributed by atoms with Crippen LogP contribution in [-0.2, 0) is 0 Å². The van der Waals surface area contributed by atoms with E-state index in [1.807, 2.05) is 49.4 Å². The third-order valence-corrected chi connectivity index (χ3v) is 2.88. The van der Waals surface area contributed by atoms with Crippen molar-refractivity contribution in [3.8, 4) is 0 Å². The number of hydrogen-bond donors (Lipinski definition) is 0. The van der Waals surface area contributed by atoms with E-state index >= 15 is 0 Å². The first-order valence-corrected chi connectivity index (χ1v) is 6.08. The lowest BCUT2D eigenvalue weighted by Gasteiger charge is -2.07. The van der Waals surface area contributed by atoms with Gasteiger partial charge < -0.3 is 0 Å². The monoisotopic (exact) mass is 235 g/mol. The van der Waals surface area contributed by atoms with Gasteiger partial charge in [-0.15, -0.1) is 0 Å². The highest BCUT2D eigenvalue weighted by Crippen LogP contribution is 2.22. The summed E-state index contributed by atoms with van der Waals surface area (Å²) >= 11 is 0. The maximum atomic E-state index is 4.73. The standard InChI is InChI=1S/C17H17N/c1-4-6-9-14(5-2)17-13(3)12-15-10-7-8-11-16(15)18-17/h4-12H,2H2,1,3H3/b6-4-,14-9+. The lowest BCUT2D eigenvalue weighted by Crippen LogP contribution is -1.93. The predicted octanol–water partition coefficient (Wildman–Crippen LogP) is 4.69. The molecule has 1 heteroatoms. The molecule has 1 nitrogen and oxygen atoms in total. The van der Waals surface area contributed by atoms with Gasteiger partial charge in [0, 0.05) is 5.39 Å². The van der Waals surface area contributed by atoms with Crippen LogP contribution < -0.4 is 0 Å². The van der Waals surface area contributed by atoms with Gasteiger partial charge in [-0.1, -0.05) is 49.1 Å². The van der Waals surface area contributed by atoms with E-state index in [1.165, 1.54) is 10.9 Å². The molecule has 0 aliphatic rings. The molecule has 18 heavy (non-hydrogen) atoms. The molecule has 0 bridgehead atoms. The normalized spacial score (nSPS) is 12.2. The second kappa shape index (κ2) is 5.46. The van der Waals surface area contributed by atoms with E-state index < -0.39 is 0 Å². The highest BCUT2D eigenvalue weighted by atomic mass is 14.7.